The van der Waals surface area contributed by atoms with Crippen LogP contribution in [0, 0.1) is 0 Å². The fourth-order valence-electron chi connectivity index (χ4n) is 1.85. The van der Waals surface area contributed by atoms with Gasteiger partial charge in [-0.3, -0.25) is 14.7 Å². The molecule has 4 nitrogen and oxygen atoms in total. The van der Waals surface area contributed by atoms with E-state index < -0.39 is 0 Å². The van der Waals surface area contributed by atoms with Crippen LogP contribution in [0.25, 0.3) is 0 Å². The summed E-state index contributed by atoms with van der Waals surface area (Å²) in [6, 6.07) is 5.31. The van der Waals surface area contributed by atoms with E-state index in [1.54, 1.807) is 12.3 Å². The van der Waals surface area contributed by atoms with Gasteiger partial charge in [0.15, 0.2) is 5.78 Å². The molecule has 0 radical (unpaired) electrons. The van der Waals surface area contributed by atoms with Crippen molar-refractivity contribution in [2.45, 2.75) is 13.0 Å². The van der Waals surface area contributed by atoms with Crippen molar-refractivity contribution in [3.63, 3.8) is 0 Å². The molecule has 1 aliphatic rings. The van der Waals surface area contributed by atoms with Crippen molar-refractivity contribution in [2.24, 2.45) is 0 Å². The van der Waals surface area contributed by atoms with Crippen molar-refractivity contribution >= 4 is 5.78 Å². The van der Waals surface area contributed by atoms with Gasteiger partial charge in [0.05, 0.1) is 19.3 Å². The lowest BCUT2D eigenvalue weighted by molar-refractivity contribution is 0.0207. The summed E-state index contributed by atoms with van der Waals surface area (Å²) in [7, 11) is 0. The summed E-state index contributed by atoms with van der Waals surface area (Å²) in [6.45, 7) is 4.99. The third kappa shape index (κ3) is 2.46. The largest absolute Gasteiger partial charge is 0.379 e. The van der Waals surface area contributed by atoms with Crippen molar-refractivity contribution in [1.29, 1.82) is 0 Å². The standard InChI is InChI=1S/C12H16N2O2/c1-10(14-6-8-16-9-7-14)12(15)11-4-2-3-5-13-11/h2-5,10H,6-9H2,1H3. The third-order valence-corrected chi connectivity index (χ3v) is 2.89. The molecular formula is C12H16N2O2. The summed E-state index contributed by atoms with van der Waals surface area (Å²) in [5.74, 6) is 0.0856. The Morgan fingerprint density at radius 3 is 2.81 bits per heavy atom. The summed E-state index contributed by atoms with van der Waals surface area (Å²) < 4.78 is 5.27. The smallest absolute Gasteiger partial charge is 0.197 e. The zero-order valence-corrected chi connectivity index (χ0v) is 9.43. The van der Waals surface area contributed by atoms with Crippen molar-refractivity contribution in [3.8, 4) is 0 Å². The van der Waals surface area contributed by atoms with Gasteiger partial charge in [0.2, 0.25) is 0 Å². The molecule has 4 heteroatoms. The number of hydrogen-bond donors (Lipinski definition) is 0. The quantitative estimate of drug-likeness (QED) is 0.712. The van der Waals surface area contributed by atoms with Gasteiger partial charge in [-0.2, -0.15) is 0 Å². The van der Waals surface area contributed by atoms with Crippen LogP contribution in [0.5, 0.6) is 0 Å². The number of Topliss-reactive ketones (excluding diaryl/α,β-unsaturated/α-hetero) is 1. The fraction of sp³-hybridized carbons (Fsp3) is 0.500. The molecule has 1 atom stereocenters. The van der Waals surface area contributed by atoms with Gasteiger partial charge in [0.1, 0.15) is 5.69 Å². The van der Waals surface area contributed by atoms with Crippen molar-refractivity contribution in [3.05, 3.63) is 30.1 Å². The molecule has 1 aliphatic heterocycles. The van der Waals surface area contributed by atoms with Crippen LogP contribution in [0.1, 0.15) is 17.4 Å². The van der Waals surface area contributed by atoms with E-state index in [0.29, 0.717) is 18.9 Å². The molecule has 1 unspecified atom stereocenters. The van der Waals surface area contributed by atoms with Crippen LogP contribution >= 0.6 is 0 Å². The average Bonchev–Trinajstić information content (AvgIpc) is 2.39. The lowest BCUT2D eigenvalue weighted by Gasteiger charge is -2.31. The Hall–Kier alpha value is -1.26. The normalized spacial score (nSPS) is 19.3. The lowest BCUT2D eigenvalue weighted by atomic mass is 10.1. The van der Waals surface area contributed by atoms with E-state index in [-0.39, 0.29) is 11.8 Å². The van der Waals surface area contributed by atoms with Gasteiger partial charge >= 0.3 is 0 Å². The number of morpholine rings is 1. The van der Waals surface area contributed by atoms with Gasteiger partial charge in [-0.05, 0) is 19.1 Å². The van der Waals surface area contributed by atoms with E-state index in [1.165, 1.54) is 0 Å². The van der Waals surface area contributed by atoms with Gasteiger partial charge in [-0.1, -0.05) is 6.07 Å². The summed E-state index contributed by atoms with van der Waals surface area (Å²) in [6.07, 6.45) is 1.65. The number of carbonyl (C=O) groups excluding carboxylic acids is 1. The van der Waals surface area contributed by atoms with Gasteiger partial charge in [-0.25, -0.2) is 0 Å². The van der Waals surface area contributed by atoms with Gasteiger partial charge in [0, 0.05) is 19.3 Å². The molecule has 1 fully saturated rings. The molecule has 0 amide bonds. The molecule has 0 spiro atoms. The van der Waals surface area contributed by atoms with E-state index >= 15 is 0 Å². The first-order valence-electron chi connectivity index (χ1n) is 5.56. The first-order chi connectivity index (χ1) is 7.79. The Labute approximate surface area is 95.2 Å². The van der Waals surface area contributed by atoms with E-state index in [4.69, 9.17) is 4.74 Å². The van der Waals surface area contributed by atoms with Gasteiger partial charge < -0.3 is 4.74 Å². The number of rotatable bonds is 3. The summed E-state index contributed by atoms with van der Waals surface area (Å²) in [5.41, 5.74) is 0.543. The molecule has 0 aliphatic carbocycles. The summed E-state index contributed by atoms with van der Waals surface area (Å²) >= 11 is 0. The highest BCUT2D eigenvalue weighted by molar-refractivity contribution is 5.98. The topological polar surface area (TPSA) is 42.4 Å². The second-order valence-electron chi connectivity index (χ2n) is 3.90. The third-order valence-electron chi connectivity index (χ3n) is 2.89. The average molecular weight is 220 g/mol. The molecule has 1 saturated heterocycles. The minimum atomic E-state index is -0.112. The van der Waals surface area contributed by atoms with E-state index in [2.05, 4.69) is 9.88 Å². The van der Waals surface area contributed by atoms with Crippen LogP contribution in [0.2, 0.25) is 0 Å². The Morgan fingerprint density at radius 1 is 1.44 bits per heavy atom. The van der Waals surface area contributed by atoms with Crippen LogP contribution in [0.4, 0.5) is 0 Å². The predicted molar refractivity (Wildman–Crippen MR) is 60.4 cm³/mol. The maximum absolute atomic E-state index is 12.1. The molecule has 86 valence electrons. The molecule has 2 heterocycles. The van der Waals surface area contributed by atoms with E-state index in [9.17, 15) is 4.79 Å². The lowest BCUT2D eigenvalue weighted by Crippen LogP contribution is -2.46. The number of pyridine rings is 1. The van der Waals surface area contributed by atoms with Crippen LogP contribution in [-0.4, -0.2) is 48.0 Å². The highest BCUT2D eigenvalue weighted by Crippen LogP contribution is 2.08. The minimum Gasteiger partial charge on any atom is -0.379 e. The second kappa shape index (κ2) is 5.18. The second-order valence-corrected chi connectivity index (χ2v) is 3.90. The van der Waals surface area contributed by atoms with Gasteiger partial charge in [-0.15, -0.1) is 0 Å². The molecule has 0 aromatic carbocycles. The SMILES string of the molecule is CC(C(=O)c1ccccn1)N1CCOCC1. The van der Waals surface area contributed by atoms with Crippen LogP contribution < -0.4 is 0 Å². The molecule has 16 heavy (non-hydrogen) atoms. The highest BCUT2D eigenvalue weighted by atomic mass is 16.5. The molecule has 0 N–H and O–H groups in total. The van der Waals surface area contributed by atoms with Gasteiger partial charge in [0.25, 0.3) is 0 Å². The molecule has 0 saturated carbocycles. The van der Waals surface area contributed by atoms with Crippen LogP contribution in [0.15, 0.2) is 24.4 Å². The molecular weight excluding hydrogens is 204 g/mol. The zero-order chi connectivity index (χ0) is 11.4. The Bertz CT molecular complexity index is 347. The Kier molecular flexibility index (Phi) is 3.64. The Morgan fingerprint density at radius 2 is 2.19 bits per heavy atom. The summed E-state index contributed by atoms with van der Waals surface area (Å²) in [4.78, 5) is 18.3. The molecule has 0 bridgehead atoms. The maximum Gasteiger partial charge on any atom is 0.197 e. The number of hydrogen-bond acceptors (Lipinski definition) is 4. The van der Waals surface area contributed by atoms with E-state index in [0.717, 1.165) is 13.1 Å². The number of carbonyl (C=O) groups is 1. The van der Waals surface area contributed by atoms with Crippen molar-refractivity contribution < 1.29 is 9.53 Å². The van der Waals surface area contributed by atoms with Crippen molar-refractivity contribution in [1.82, 2.24) is 9.88 Å². The number of ether oxygens (including phenoxy) is 1. The number of ketones is 1. The first-order valence-corrected chi connectivity index (χ1v) is 5.56. The fourth-order valence-corrected chi connectivity index (χ4v) is 1.85. The monoisotopic (exact) mass is 220 g/mol. The first kappa shape index (κ1) is 11.2. The molecule has 1 aromatic rings. The van der Waals surface area contributed by atoms with Crippen molar-refractivity contribution in [2.75, 3.05) is 26.3 Å². The predicted octanol–water partition coefficient (Wildman–Crippen LogP) is 0.985. The number of nitrogens with zero attached hydrogens (tertiary/aromatic N) is 2. The number of aromatic nitrogens is 1. The molecule has 1 aromatic heterocycles. The maximum atomic E-state index is 12.1. The van der Waals surface area contributed by atoms with Crippen LogP contribution in [-0.2, 0) is 4.74 Å². The van der Waals surface area contributed by atoms with Crippen LogP contribution in [0.3, 0.4) is 0 Å². The molecule has 2 rings (SSSR count). The zero-order valence-electron chi connectivity index (χ0n) is 9.43. The minimum absolute atomic E-state index is 0.0856. The Balaban J connectivity index is 2.04. The van der Waals surface area contributed by atoms with E-state index in [1.807, 2.05) is 19.1 Å². The summed E-state index contributed by atoms with van der Waals surface area (Å²) in [5, 5.41) is 0. The highest BCUT2D eigenvalue weighted by Gasteiger charge is 2.24.